The maximum Gasteiger partial charge on any atom is 0.170 e. The van der Waals surface area contributed by atoms with E-state index in [1.165, 1.54) is 0 Å². The predicted octanol–water partition coefficient (Wildman–Crippen LogP) is 0.568. The van der Waals surface area contributed by atoms with Gasteiger partial charge in [0.05, 0.1) is 19.5 Å². The summed E-state index contributed by atoms with van der Waals surface area (Å²) in [4.78, 5) is 2.12. The number of rotatable bonds is 2. The summed E-state index contributed by atoms with van der Waals surface area (Å²) >= 11 is 0. The Morgan fingerprint density at radius 2 is 2.11 bits per heavy atom. The minimum Gasteiger partial charge on any atom is -0.379 e. The van der Waals surface area contributed by atoms with Crippen LogP contribution in [0.1, 0.15) is 0 Å². The largest absolute Gasteiger partial charge is 0.379 e. The molecule has 1 aliphatic rings. The van der Waals surface area contributed by atoms with Crippen LogP contribution in [0.5, 0.6) is 0 Å². The van der Waals surface area contributed by atoms with E-state index >= 15 is 0 Å². The number of nitrogens with zero attached hydrogens (tertiary/aromatic N) is 1. The monoisotopic (exact) mass is 147 g/mol. The molecule has 52 valence electrons. The van der Waals surface area contributed by atoms with Gasteiger partial charge in [-0.2, -0.15) is 0 Å². The lowest BCUT2D eigenvalue weighted by Gasteiger charge is -2.23. The summed E-state index contributed by atoms with van der Waals surface area (Å²) < 4.78 is 15.2. The summed E-state index contributed by atoms with van der Waals surface area (Å²) in [6.07, 6.45) is 0.656. The average molecular weight is 147 g/mol. The third kappa shape index (κ3) is 2.39. The van der Waals surface area contributed by atoms with E-state index in [9.17, 15) is 4.57 Å². The van der Waals surface area contributed by atoms with Gasteiger partial charge in [-0.3, -0.25) is 9.46 Å². The number of hydrogen-bond donors (Lipinski definition) is 0. The molecule has 0 aromatic carbocycles. The van der Waals surface area contributed by atoms with Crippen LogP contribution in [0.15, 0.2) is 0 Å². The molecule has 0 radical (unpaired) electrons. The van der Waals surface area contributed by atoms with Crippen molar-refractivity contribution in [1.29, 1.82) is 0 Å². The molecule has 1 fully saturated rings. The van der Waals surface area contributed by atoms with Crippen molar-refractivity contribution in [3.8, 4) is 0 Å². The van der Waals surface area contributed by atoms with Crippen LogP contribution < -0.4 is 0 Å². The van der Waals surface area contributed by atoms with Crippen LogP contribution >= 0.6 is 8.46 Å². The Bertz CT molecular complexity index is 93.0. The molecule has 9 heavy (non-hydrogen) atoms. The van der Waals surface area contributed by atoms with Gasteiger partial charge in [-0.05, 0) is 0 Å². The molecule has 0 N–H and O–H groups in total. The van der Waals surface area contributed by atoms with Crippen LogP contribution in [0.4, 0.5) is 0 Å². The van der Waals surface area contributed by atoms with Crippen molar-refractivity contribution >= 4 is 8.46 Å². The molecule has 0 spiro atoms. The van der Waals surface area contributed by atoms with Crippen molar-refractivity contribution < 1.29 is 9.30 Å². The highest BCUT2D eigenvalue weighted by Crippen LogP contribution is 2.01. The fourth-order valence-electron chi connectivity index (χ4n) is 0.824. The minimum absolute atomic E-state index is 0.219. The van der Waals surface area contributed by atoms with E-state index in [4.69, 9.17) is 4.74 Å². The molecule has 0 aliphatic carbocycles. The number of ether oxygens (including phenoxy) is 1. The normalized spacial score (nSPS) is 22.7. The number of hydrogen-bond acceptors (Lipinski definition) is 3. The third-order valence-electron chi connectivity index (χ3n) is 1.36. The van der Waals surface area contributed by atoms with E-state index in [1.807, 2.05) is 0 Å². The second-order valence-electron chi connectivity index (χ2n) is 2.00. The van der Waals surface area contributed by atoms with Crippen molar-refractivity contribution in [1.82, 2.24) is 4.90 Å². The molecular weight excluding hydrogens is 137 g/mol. The highest BCUT2D eigenvalue weighted by molar-refractivity contribution is 7.23. The van der Waals surface area contributed by atoms with Crippen LogP contribution in [0.25, 0.3) is 0 Å². The molecule has 1 rings (SSSR count). The molecule has 0 aromatic rings. The molecule has 0 amide bonds. The SMILES string of the molecule is O=PCN1CCOCC1. The second-order valence-corrected chi connectivity index (χ2v) is 2.54. The van der Waals surface area contributed by atoms with Gasteiger partial charge < -0.3 is 4.74 Å². The van der Waals surface area contributed by atoms with Crippen molar-refractivity contribution in [3.05, 3.63) is 0 Å². The average Bonchev–Trinajstić information content (AvgIpc) is 1.91. The lowest BCUT2D eigenvalue weighted by molar-refractivity contribution is 0.0468. The first-order chi connectivity index (χ1) is 4.43. The van der Waals surface area contributed by atoms with Gasteiger partial charge in [0.25, 0.3) is 0 Å². The molecule has 3 nitrogen and oxygen atoms in total. The Balaban J connectivity index is 2.15. The Kier molecular flexibility index (Phi) is 3.12. The van der Waals surface area contributed by atoms with Gasteiger partial charge in [-0.25, -0.2) is 0 Å². The van der Waals surface area contributed by atoms with Gasteiger partial charge in [0, 0.05) is 13.1 Å². The van der Waals surface area contributed by atoms with Crippen molar-refractivity contribution in [3.63, 3.8) is 0 Å². The molecule has 0 atom stereocenters. The fourth-order valence-corrected chi connectivity index (χ4v) is 1.27. The van der Waals surface area contributed by atoms with Crippen molar-refractivity contribution in [2.45, 2.75) is 0 Å². The van der Waals surface area contributed by atoms with E-state index < -0.39 is 0 Å². The van der Waals surface area contributed by atoms with Gasteiger partial charge in [0.15, 0.2) is 8.46 Å². The lowest BCUT2D eigenvalue weighted by atomic mass is 10.5. The first kappa shape index (κ1) is 7.13. The quantitative estimate of drug-likeness (QED) is 0.535. The summed E-state index contributed by atoms with van der Waals surface area (Å²) in [5.74, 6) is 0. The first-order valence-corrected chi connectivity index (χ1v) is 4.02. The van der Waals surface area contributed by atoms with Crippen molar-refractivity contribution in [2.24, 2.45) is 0 Å². The van der Waals surface area contributed by atoms with Gasteiger partial charge in [0.1, 0.15) is 0 Å². The van der Waals surface area contributed by atoms with Crippen molar-refractivity contribution in [2.75, 3.05) is 32.6 Å². The minimum atomic E-state index is 0.219. The zero-order valence-corrected chi connectivity index (χ0v) is 6.14. The standard InChI is InChI=1S/C5H10NO2P/c7-9-5-6-1-3-8-4-2-6/h1-5H2. The molecule has 1 aliphatic heterocycles. The third-order valence-corrected chi connectivity index (χ3v) is 1.88. The Labute approximate surface area is 56.2 Å². The van der Waals surface area contributed by atoms with Crippen LogP contribution in [0.2, 0.25) is 0 Å². The Morgan fingerprint density at radius 3 is 2.67 bits per heavy atom. The molecule has 1 heterocycles. The lowest BCUT2D eigenvalue weighted by Crippen LogP contribution is -2.35. The molecular formula is C5H10NO2P. The first-order valence-electron chi connectivity index (χ1n) is 3.02. The van der Waals surface area contributed by atoms with Gasteiger partial charge in [0.2, 0.25) is 0 Å². The Hall–Kier alpha value is 0.0200. The molecule has 0 saturated carbocycles. The summed E-state index contributed by atoms with van der Waals surface area (Å²) in [5, 5.41) is 0. The van der Waals surface area contributed by atoms with E-state index in [0.29, 0.717) is 6.29 Å². The van der Waals surface area contributed by atoms with E-state index in [2.05, 4.69) is 4.90 Å². The van der Waals surface area contributed by atoms with Crippen LogP contribution in [0, 0.1) is 0 Å². The summed E-state index contributed by atoms with van der Waals surface area (Å²) in [7, 11) is 0.219. The molecule has 0 bridgehead atoms. The highest BCUT2D eigenvalue weighted by atomic mass is 31.1. The maximum absolute atomic E-state index is 10.1. The zero-order chi connectivity index (χ0) is 6.53. The zero-order valence-electron chi connectivity index (χ0n) is 5.25. The molecule has 0 aromatic heterocycles. The molecule has 4 heteroatoms. The van der Waals surface area contributed by atoms with Crippen LogP contribution in [-0.4, -0.2) is 37.5 Å². The fraction of sp³-hybridized carbons (Fsp3) is 1.00. The van der Waals surface area contributed by atoms with Gasteiger partial charge in [-0.15, -0.1) is 0 Å². The number of morpholine rings is 1. The van der Waals surface area contributed by atoms with Gasteiger partial charge in [-0.1, -0.05) is 0 Å². The van der Waals surface area contributed by atoms with Crippen LogP contribution in [-0.2, 0) is 9.30 Å². The smallest absolute Gasteiger partial charge is 0.170 e. The van der Waals surface area contributed by atoms with E-state index in [-0.39, 0.29) is 8.46 Å². The topological polar surface area (TPSA) is 29.5 Å². The molecule has 0 unspecified atom stereocenters. The maximum atomic E-state index is 10.1. The van der Waals surface area contributed by atoms with Crippen LogP contribution in [0.3, 0.4) is 0 Å². The van der Waals surface area contributed by atoms with E-state index in [1.54, 1.807) is 0 Å². The van der Waals surface area contributed by atoms with Gasteiger partial charge >= 0.3 is 0 Å². The van der Waals surface area contributed by atoms with E-state index in [0.717, 1.165) is 26.3 Å². The second kappa shape index (κ2) is 3.94. The Morgan fingerprint density at radius 1 is 1.44 bits per heavy atom. The molecule has 1 saturated heterocycles. The predicted molar refractivity (Wildman–Crippen MR) is 34.9 cm³/mol. The summed E-state index contributed by atoms with van der Waals surface area (Å²) in [6, 6.07) is 0. The summed E-state index contributed by atoms with van der Waals surface area (Å²) in [5.41, 5.74) is 0. The summed E-state index contributed by atoms with van der Waals surface area (Å²) in [6.45, 7) is 3.43. The highest BCUT2D eigenvalue weighted by Gasteiger charge is 2.08.